The summed E-state index contributed by atoms with van der Waals surface area (Å²) >= 11 is 0. The molecule has 0 spiro atoms. The number of rotatable bonds is 2. The zero-order valence-electron chi connectivity index (χ0n) is 14.7. The second kappa shape index (κ2) is 5.89. The molecule has 1 heterocycles. The fraction of sp³-hybridized carbons (Fsp3) is 0.933. The van der Waals surface area contributed by atoms with E-state index in [2.05, 4.69) is 33.9 Å². The average Bonchev–Trinajstić information content (AvgIpc) is 2.54. The Hall–Kier alpha value is -0.593. The van der Waals surface area contributed by atoms with Gasteiger partial charge in [-0.15, -0.1) is 0 Å². The summed E-state index contributed by atoms with van der Waals surface area (Å²) in [5.41, 5.74) is -0.560. The SMILES string of the molecule is CC(C)(C)OC(=O)N1C[C@H](O[Si](C)(C)C(C)(C)C)C[C@H]1O. The maximum absolute atomic E-state index is 12.1. The van der Waals surface area contributed by atoms with Crippen LogP contribution in [0.2, 0.25) is 18.1 Å². The molecule has 0 aliphatic carbocycles. The molecule has 0 aromatic heterocycles. The number of aliphatic hydroxyl groups is 1. The Labute approximate surface area is 129 Å². The minimum Gasteiger partial charge on any atom is -0.444 e. The molecular weight excluding hydrogens is 286 g/mol. The average molecular weight is 318 g/mol. The number of carbonyl (C=O) groups excluding carboxylic acids is 1. The van der Waals surface area contributed by atoms with Gasteiger partial charge in [-0.1, -0.05) is 20.8 Å². The standard InChI is InChI=1S/C15H31NO4Si/c1-14(2,3)19-13(18)16-10-11(9-12(16)17)20-21(7,8)15(4,5)6/h11-12,17H,9-10H2,1-8H3/t11-,12-/m1/s1. The fourth-order valence-electron chi connectivity index (χ4n) is 1.97. The molecule has 0 radical (unpaired) electrons. The van der Waals surface area contributed by atoms with Crippen LogP contribution in [-0.2, 0) is 9.16 Å². The van der Waals surface area contributed by atoms with Crippen LogP contribution in [0.25, 0.3) is 0 Å². The predicted octanol–water partition coefficient (Wildman–Crippen LogP) is 3.34. The van der Waals surface area contributed by atoms with E-state index in [0.717, 1.165) is 0 Å². The van der Waals surface area contributed by atoms with E-state index in [1.165, 1.54) is 4.90 Å². The molecule has 1 rings (SSSR count). The number of likely N-dealkylation sites (tertiary alicyclic amines) is 1. The van der Waals surface area contributed by atoms with Crippen LogP contribution in [0.1, 0.15) is 48.0 Å². The van der Waals surface area contributed by atoms with Crippen LogP contribution in [0.5, 0.6) is 0 Å². The van der Waals surface area contributed by atoms with Crippen molar-refractivity contribution < 1.29 is 19.1 Å². The third kappa shape index (κ3) is 4.97. The number of ether oxygens (including phenoxy) is 1. The molecule has 0 saturated carbocycles. The number of aliphatic hydroxyl groups excluding tert-OH is 1. The largest absolute Gasteiger partial charge is 0.444 e. The van der Waals surface area contributed by atoms with Gasteiger partial charge in [0.15, 0.2) is 8.32 Å². The lowest BCUT2D eigenvalue weighted by molar-refractivity contribution is -0.0129. The van der Waals surface area contributed by atoms with Crippen LogP contribution in [0.3, 0.4) is 0 Å². The molecule has 21 heavy (non-hydrogen) atoms. The van der Waals surface area contributed by atoms with Crippen molar-refractivity contribution in [2.75, 3.05) is 6.54 Å². The maximum atomic E-state index is 12.1. The molecule has 5 nitrogen and oxygen atoms in total. The summed E-state index contributed by atoms with van der Waals surface area (Å²) in [4.78, 5) is 13.4. The minimum atomic E-state index is -1.90. The molecule has 2 atom stereocenters. The highest BCUT2D eigenvalue weighted by atomic mass is 28.4. The van der Waals surface area contributed by atoms with E-state index in [9.17, 15) is 9.90 Å². The first kappa shape index (κ1) is 18.5. The summed E-state index contributed by atoms with van der Waals surface area (Å²) in [6.45, 7) is 16.7. The Balaban J connectivity index is 2.67. The van der Waals surface area contributed by atoms with E-state index in [1.807, 2.05) is 20.8 Å². The summed E-state index contributed by atoms with van der Waals surface area (Å²) in [6.07, 6.45) is -0.967. The Morgan fingerprint density at radius 3 is 2.14 bits per heavy atom. The second-order valence-corrected chi connectivity index (χ2v) is 13.1. The van der Waals surface area contributed by atoms with Gasteiger partial charge in [0.1, 0.15) is 11.8 Å². The second-order valence-electron chi connectivity index (χ2n) is 8.35. The van der Waals surface area contributed by atoms with Gasteiger partial charge in [0.2, 0.25) is 0 Å². The topological polar surface area (TPSA) is 59.0 Å². The van der Waals surface area contributed by atoms with Crippen molar-refractivity contribution in [3.8, 4) is 0 Å². The van der Waals surface area contributed by atoms with Crippen molar-refractivity contribution in [3.05, 3.63) is 0 Å². The quantitative estimate of drug-likeness (QED) is 0.794. The zero-order chi connectivity index (χ0) is 16.6. The first-order valence-electron chi connectivity index (χ1n) is 7.58. The molecule has 0 aromatic rings. The molecule has 0 bridgehead atoms. The minimum absolute atomic E-state index is 0.108. The van der Waals surface area contributed by atoms with Gasteiger partial charge in [0, 0.05) is 6.42 Å². The molecule has 1 saturated heterocycles. The van der Waals surface area contributed by atoms with Gasteiger partial charge in [-0.2, -0.15) is 0 Å². The first-order chi connectivity index (χ1) is 9.23. The van der Waals surface area contributed by atoms with Crippen LogP contribution in [0.15, 0.2) is 0 Å². The molecule has 1 amide bonds. The monoisotopic (exact) mass is 317 g/mol. The van der Waals surface area contributed by atoms with E-state index in [1.54, 1.807) is 0 Å². The third-order valence-electron chi connectivity index (χ3n) is 4.13. The normalized spacial score (nSPS) is 24.3. The van der Waals surface area contributed by atoms with Gasteiger partial charge in [0.05, 0.1) is 12.6 Å². The Kier molecular flexibility index (Phi) is 5.18. The fourth-order valence-corrected chi connectivity index (χ4v) is 3.33. The lowest BCUT2D eigenvalue weighted by atomic mass is 10.2. The van der Waals surface area contributed by atoms with Crippen LogP contribution < -0.4 is 0 Å². The lowest BCUT2D eigenvalue weighted by Gasteiger charge is -2.38. The molecule has 1 fully saturated rings. The van der Waals surface area contributed by atoms with E-state index in [0.29, 0.717) is 13.0 Å². The highest BCUT2D eigenvalue weighted by molar-refractivity contribution is 6.74. The smallest absolute Gasteiger partial charge is 0.412 e. The summed E-state index contributed by atoms with van der Waals surface area (Å²) in [6, 6.07) is 0. The van der Waals surface area contributed by atoms with E-state index >= 15 is 0 Å². The van der Waals surface area contributed by atoms with Crippen molar-refractivity contribution in [3.63, 3.8) is 0 Å². The highest BCUT2D eigenvalue weighted by Crippen LogP contribution is 2.38. The van der Waals surface area contributed by atoms with Crippen LogP contribution >= 0.6 is 0 Å². The predicted molar refractivity (Wildman–Crippen MR) is 85.6 cm³/mol. The first-order valence-corrected chi connectivity index (χ1v) is 10.5. The Morgan fingerprint density at radius 1 is 1.19 bits per heavy atom. The van der Waals surface area contributed by atoms with Crippen molar-refractivity contribution >= 4 is 14.4 Å². The Bertz CT molecular complexity index is 384. The Morgan fingerprint density at radius 2 is 1.71 bits per heavy atom. The van der Waals surface area contributed by atoms with Crippen molar-refractivity contribution in [2.24, 2.45) is 0 Å². The molecule has 0 unspecified atom stereocenters. The van der Waals surface area contributed by atoms with Gasteiger partial charge >= 0.3 is 6.09 Å². The number of amides is 1. The summed E-state index contributed by atoms with van der Waals surface area (Å²) < 4.78 is 11.6. The van der Waals surface area contributed by atoms with Crippen LogP contribution in [0.4, 0.5) is 4.79 Å². The van der Waals surface area contributed by atoms with E-state index in [4.69, 9.17) is 9.16 Å². The summed E-state index contributed by atoms with van der Waals surface area (Å²) in [5.74, 6) is 0. The van der Waals surface area contributed by atoms with Gasteiger partial charge in [-0.3, -0.25) is 4.90 Å². The van der Waals surface area contributed by atoms with Gasteiger partial charge in [0.25, 0.3) is 0 Å². The summed E-state index contributed by atoms with van der Waals surface area (Å²) in [7, 11) is -1.90. The molecule has 1 aliphatic rings. The molecule has 1 N–H and O–H groups in total. The van der Waals surface area contributed by atoms with Crippen molar-refractivity contribution in [1.29, 1.82) is 0 Å². The molecular formula is C15H31NO4Si. The van der Waals surface area contributed by atoms with Crippen LogP contribution in [-0.4, -0.2) is 48.9 Å². The van der Waals surface area contributed by atoms with E-state index < -0.39 is 26.2 Å². The highest BCUT2D eigenvalue weighted by Gasteiger charge is 2.43. The van der Waals surface area contributed by atoms with Crippen molar-refractivity contribution in [1.82, 2.24) is 4.90 Å². The number of hydrogen-bond acceptors (Lipinski definition) is 4. The molecule has 0 aromatic carbocycles. The number of carbonyl (C=O) groups is 1. The third-order valence-corrected chi connectivity index (χ3v) is 8.66. The molecule has 6 heteroatoms. The van der Waals surface area contributed by atoms with Gasteiger partial charge in [-0.25, -0.2) is 4.79 Å². The maximum Gasteiger partial charge on any atom is 0.412 e. The van der Waals surface area contributed by atoms with Gasteiger partial charge < -0.3 is 14.3 Å². The summed E-state index contributed by atoms with van der Waals surface area (Å²) in [5, 5.41) is 10.2. The van der Waals surface area contributed by atoms with Crippen molar-refractivity contribution in [2.45, 2.75) is 84.0 Å². The van der Waals surface area contributed by atoms with E-state index in [-0.39, 0.29) is 11.1 Å². The van der Waals surface area contributed by atoms with Gasteiger partial charge in [-0.05, 0) is 38.9 Å². The number of nitrogens with zero attached hydrogens (tertiary/aromatic N) is 1. The van der Waals surface area contributed by atoms with Crippen LogP contribution in [0, 0.1) is 0 Å². The molecule has 124 valence electrons. The lowest BCUT2D eigenvalue weighted by Crippen LogP contribution is -2.45. The number of hydrogen-bond donors (Lipinski definition) is 1. The molecule has 1 aliphatic heterocycles. The zero-order valence-corrected chi connectivity index (χ0v) is 15.7.